The largest absolute Gasteiger partial charge is 0.480 e. The number of hydrogen-bond donors (Lipinski definition) is 1. The summed E-state index contributed by atoms with van der Waals surface area (Å²) < 4.78 is 48.7. The summed E-state index contributed by atoms with van der Waals surface area (Å²) in [7, 11) is 1.20. The Balaban J connectivity index is 1.39. The SMILES string of the molecule is COc1nc(C(F)(F)F)ccc1-c1nnc(NCC(=O)N2CCC3(CC2)CC3)o1. The Kier molecular flexibility index (Phi) is 4.83. The molecule has 0 radical (unpaired) electrons. The number of rotatable bonds is 5. The molecule has 2 aromatic rings. The molecule has 0 bridgehead atoms. The zero-order valence-corrected chi connectivity index (χ0v) is 15.8. The van der Waals surface area contributed by atoms with Crippen molar-refractivity contribution in [1.82, 2.24) is 20.1 Å². The van der Waals surface area contributed by atoms with Crippen molar-refractivity contribution in [2.75, 3.05) is 32.1 Å². The number of ether oxygens (including phenoxy) is 1. The number of methoxy groups -OCH3 is 1. The van der Waals surface area contributed by atoms with Crippen molar-refractivity contribution in [2.24, 2.45) is 5.41 Å². The van der Waals surface area contributed by atoms with E-state index in [0.717, 1.165) is 38.1 Å². The van der Waals surface area contributed by atoms with E-state index in [-0.39, 0.29) is 35.8 Å². The number of carbonyl (C=O) groups is 1. The summed E-state index contributed by atoms with van der Waals surface area (Å²) in [6.45, 7) is 1.51. The molecule has 11 heteroatoms. The van der Waals surface area contributed by atoms with Gasteiger partial charge in [0, 0.05) is 13.1 Å². The number of hydrogen-bond acceptors (Lipinski definition) is 7. The molecule has 1 aliphatic carbocycles. The summed E-state index contributed by atoms with van der Waals surface area (Å²) in [6.07, 6.45) is 0.0241. The van der Waals surface area contributed by atoms with Gasteiger partial charge in [0.05, 0.1) is 13.7 Å². The number of halogens is 3. The van der Waals surface area contributed by atoms with Gasteiger partial charge in [0.1, 0.15) is 11.3 Å². The molecule has 2 fully saturated rings. The van der Waals surface area contributed by atoms with E-state index >= 15 is 0 Å². The summed E-state index contributed by atoms with van der Waals surface area (Å²) in [5.41, 5.74) is -0.477. The maximum absolute atomic E-state index is 12.8. The van der Waals surface area contributed by atoms with Crippen molar-refractivity contribution < 1.29 is 27.1 Å². The van der Waals surface area contributed by atoms with Gasteiger partial charge >= 0.3 is 12.2 Å². The van der Waals surface area contributed by atoms with Gasteiger partial charge in [0.15, 0.2) is 0 Å². The number of aromatic nitrogens is 3. The highest BCUT2D eigenvalue weighted by Gasteiger charge is 2.45. The van der Waals surface area contributed by atoms with Crippen LogP contribution in [0.5, 0.6) is 5.88 Å². The number of amides is 1. The third-order valence-electron chi connectivity index (χ3n) is 5.52. The van der Waals surface area contributed by atoms with Gasteiger partial charge in [-0.15, -0.1) is 5.10 Å². The molecule has 0 aromatic carbocycles. The molecule has 2 aliphatic rings. The molecule has 2 aromatic heterocycles. The van der Waals surface area contributed by atoms with Crippen molar-refractivity contribution in [3.63, 3.8) is 0 Å². The number of anilines is 1. The van der Waals surface area contributed by atoms with Crippen LogP contribution in [0.25, 0.3) is 11.5 Å². The van der Waals surface area contributed by atoms with Crippen molar-refractivity contribution >= 4 is 11.9 Å². The third-order valence-corrected chi connectivity index (χ3v) is 5.52. The van der Waals surface area contributed by atoms with Gasteiger partial charge in [-0.05, 0) is 43.2 Å². The standard InChI is InChI=1S/C18H20F3N5O3/c1-28-14-11(2-3-12(23-14)18(19,20)21)15-24-25-16(29-15)22-10-13(27)26-8-6-17(4-5-17)7-9-26/h2-3H,4-10H2,1H3,(H,22,25). The molecule has 1 spiro atoms. The fraction of sp³-hybridized carbons (Fsp3) is 0.556. The van der Waals surface area contributed by atoms with Crippen LogP contribution in [-0.2, 0) is 11.0 Å². The average molecular weight is 411 g/mol. The number of likely N-dealkylation sites (tertiary alicyclic amines) is 1. The lowest BCUT2D eigenvalue weighted by atomic mass is 9.94. The Morgan fingerprint density at radius 3 is 2.59 bits per heavy atom. The molecular formula is C18H20F3N5O3. The molecule has 29 heavy (non-hydrogen) atoms. The minimum absolute atomic E-state index is 0.00295. The Labute approximate surface area is 164 Å². The van der Waals surface area contributed by atoms with E-state index in [1.54, 1.807) is 0 Å². The first-order valence-corrected chi connectivity index (χ1v) is 9.27. The minimum Gasteiger partial charge on any atom is -0.480 e. The molecule has 156 valence electrons. The van der Waals surface area contributed by atoms with Crippen LogP contribution in [0.3, 0.4) is 0 Å². The lowest BCUT2D eigenvalue weighted by Gasteiger charge is -2.32. The van der Waals surface area contributed by atoms with E-state index in [4.69, 9.17) is 9.15 Å². The van der Waals surface area contributed by atoms with Crippen LogP contribution in [0, 0.1) is 5.41 Å². The number of nitrogens with zero attached hydrogens (tertiary/aromatic N) is 4. The molecular weight excluding hydrogens is 391 g/mol. The van der Waals surface area contributed by atoms with Gasteiger partial charge in [-0.3, -0.25) is 4.79 Å². The van der Waals surface area contributed by atoms with Gasteiger partial charge in [-0.2, -0.15) is 13.2 Å². The molecule has 1 N–H and O–H groups in total. The number of carbonyl (C=O) groups excluding carboxylic acids is 1. The van der Waals surface area contributed by atoms with Crippen molar-refractivity contribution in [2.45, 2.75) is 31.9 Å². The molecule has 1 aliphatic heterocycles. The zero-order valence-electron chi connectivity index (χ0n) is 15.8. The van der Waals surface area contributed by atoms with Gasteiger partial charge in [0.2, 0.25) is 11.8 Å². The Bertz CT molecular complexity index is 900. The smallest absolute Gasteiger partial charge is 0.433 e. The van der Waals surface area contributed by atoms with Crippen LogP contribution in [0.4, 0.5) is 19.2 Å². The highest BCUT2D eigenvalue weighted by atomic mass is 19.4. The lowest BCUT2D eigenvalue weighted by molar-refractivity contribution is -0.141. The summed E-state index contributed by atoms with van der Waals surface area (Å²) in [4.78, 5) is 17.6. The molecule has 3 heterocycles. The fourth-order valence-electron chi connectivity index (χ4n) is 3.49. The predicted octanol–water partition coefficient (Wildman–Crippen LogP) is 2.97. The first-order valence-electron chi connectivity index (χ1n) is 9.27. The van der Waals surface area contributed by atoms with Gasteiger partial charge in [-0.1, -0.05) is 5.10 Å². The summed E-state index contributed by atoms with van der Waals surface area (Å²) in [5.74, 6) is -0.408. The van der Waals surface area contributed by atoms with E-state index < -0.39 is 11.9 Å². The first-order chi connectivity index (χ1) is 13.8. The van der Waals surface area contributed by atoms with Crippen molar-refractivity contribution in [1.29, 1.82) is 0 Å². The fourth-order valence-corrected chi connectivity index (χ4v) is 3.49. The summed E-state index contributed by atoms with van der Waals surface area (Å²) in [5, 5.41) is 10.4. The molecule has 8 nitrogen and oxygen atoms in total. The maximum atomic E-state index is 12.8. The molecule has 0 atom stereocenters. The van der Waals surface area contributed by atoms with Crippen LogP contribution >= 0.6 is 0 Å². The van der Waals surface area contributed by atoms with E-state index in [9.17, 15) is 18.0 Å². The highest BCUT2D eigenvalue weighted by molar-refractivity contribution is 5.80. The second-order valence-electron chi connectivity index (χ2n) is 7.40. The third kappa shape index (κ3) is 4.13. The lowest BCUT2D eigenvalue weighted by Crippen LogP contribution is -2.41. The maximum Gasteiger partial charge on any atom is 0.433 e. The van der Waals surface area contributed by atoms with E-state index in [1.807, 2.05) is 4.90 Å². The van der Waals surface area contributed by atoms with Crippen molar-refractivity contribution in [3.05, 3.63) is 17.8 Å². The molecule has 1 saturated carbocycles. The highest BCUT2D eigenvalue weighted by Crippen LogP contribution is 2.53. The second-order valence-corrected chi connectivity index (χ2v) is 7.40. The molecule has 1 saturated heterocycles. The zero-order chi connectivity index (χ0) is 20.6. The average Bonchev–Trinajstić information content (AvgIpc) is 3.28. The number of alkyl halides is 3. The van der Waals surface area contributed by atoms with Crippen LogP contribution in [-0.4, -0.2) is 52.7 Å². The normalized spacial score (nSPS) is 18.0. The van der Waals surface area contributed by atoms with E-state index in [2.05, 4.69) is 20.5 Å². The monoisotopic (exact) mass is 411 g/mol. The van der Waals surface area contributed by atoms with Crippen LogP contribution < -0.4 is 10.1 Å². The minimum atomic E-state index is -4.60. The molecule has 4 rings (SSSR count). The first kappa shape index (κ1) is 19.5. The topological polar surface area (TPSA) is 93.4 Å². The quantitative estimate of drug-likeness (QED) is 0.808. The summed E-state index contributed by atoms with van der Waals surface area (Å²) >= 11 is 0. The summed E-state index contributed by atoms with van der Waals surface area (Å²) in [6, 6.07) is 1.95. The Morgan fingerprint density at radius 2 is 1.97 bits per heavy atom. The number of nitrogens with one attached hydrogen (secondary N) is 1. The Morgan fingerprint density at radius 1 is 1.24 bits per heavy atom. The molecule has 0 unspecified atom stereocenters. The predicted molar refractivity (Wildman–Crippen MR) is 95.1 cm³/mol. The van der Waals surface area contributed by atoms with Crippen LogP contribution in [0.2, 0.25) is 0 Å². The van der Waals surface area contributed by atoms with Crippen molar-refractivity contribution in [3.8, 4) is 17.3 Å². The van der Waals surface area contributed by atoms with Gasteiger partial charge in [-0.25, -0.2) is 4.98 Å². The number of pyridine rings is 1. The second kappa shape index (κ2) is 7.20. The van der Waals surface area contributed by atoms with Crippen LogP contribution in [0.1, 0.15) is 31.4 Å². The number of piperidine rings is 1. The van der Waals surface area contributed by atoms with Gasteiger partial charge < -0.3 is 19.4 Å². The Hall–Kier alpha value is -2.85. The van der Waals surface area contributed by atoms with E-state index in [0.29, 0.717) is 5.41 Å². The molecule has 1 amide bonds. The van der Waals surface area contributed by atoms with Gasteiger partial charge in [0.25, 0.3) is 5.89 Å². The van der Waals surface area contributed by atoms with E-state index in [1.165, 1.54) is 20.0 Å². The van der Waals surface area contributed by atoms with Crippen LogP contribution in [0.15, 0.2) is 16.5 Å².